The first-order valence-electron chi connectivity index (χ1n) is 3.60. The van der Waals surface area contributed by atoms with Gasteiger partial charge in [0.25, 0.3) is 0 Å². The lowest BCUT2D eigenvalue weighted by Crippen LogP contribution is -2.01. The van der Waals surface area contributed by atoms with E-state index >= 15 is 0 Å². The Hall–Kier alpha value is -1.34. The maximum absolute atomic E-state index is 10.1. The SMILES string of the molecule is O=C=NC1(c2ccc[nH]2)CC1. The zero-order valence-corrected chi connectivity index (χ0v) is 6.00. The molecule has 1 heterocycles. The Morgan fingerprint density at radius 1 is 1.64 bits per heavy atom. The van der Waals surface area contributed by atoms with Crippen LogP contribution < -0.4 is 0 Å². The van der Waals surface area contributed by atoms with Gasteiger partial charge >= 0.3 is 0 Å². The molecule has 0 radical (unpaired) electrons. The van der Waals surface area contributed by atoms with Crippen LogP contribution in [0.25, 0.3) is 0 Å². The molecule has 0 amide bonds. The van der Waals surface area contributed by atoms with E-state index in [-0.39, 0.29) is 5.54 Å². The van der Waals surface area contributed by atoms with Crippen molar-refractivity contribution in [3.8, 4) is 0 Å². The highest BCUT2D eigenvalue weighted by Crippen LogP contribution is 2.48. The van der Waals surface area contributed by atoms with Crippen LogP contribution in [0.4, 0.5) is 0 Å². The molecule has 56 valence electrons. The first-order valence-corrected chi connectivity index (χ1v) is 3.60. The van der Waals surface area contributed by atoms with Crippen LogP contribution in [0.2, 0.25) is 0 Å². The lowest BCUT2D eigenvalue weighted by molar-refractivity contribution is 0.555. The molecule has 1 aromatic heterocycles. The summed E-state index contributed by atoms with van der Waals surface area (Å²) in [4.78, 5) is 16.9. The van der Waals surface area contributed by atoms with E-state index in [0.717, 1.165) is 18.5 Å². The van der Waals surface area contributed by atoms with Crippen molar-refractivity contribution in [2.24, 2.45) is 4.99 Å². The zero-order valence-electron chi connectivity index (χ0n) is 6.00. The third kappa shape index (κ3) is 0.900. The number of rotatable bonds is 2. The molecule has 3 nitrogen and oxygen atoms in total. The van der Waals surface area contributed by atoms with Crippen LogP contribution >= 0.6 is 0 Å². The number of carbonyl (C=O) groups excluding carboxylic acids is 1. The van der Waals surface area contributed by atoms with E-state index in [1.54, 1.807) is 6.08 Å². The number of hydrogen-bond acceptors (Lipinski definition) is 2. The Kier molecular flexibility index (Phi) is 1.20. The van der Waals surface area contributed by atoms with Crippen molar-refractivity contribution in [1.82, 2.24) is 4.98 Å². The van der Waals surface area contributed by atoms with Crippen molar-refractivity contribution in [3.05, 3.63) is 24.0 Å². The monoisotopic (exact) mass is 148 g/mol. The molecule has 0 saturated heterocycles. The van der Waals surface area contributed by atoms with Crippen LogP contribution in [-0.2, 0) is 10.3 Å². The van der Waals surface area contributed by atoms with E-state index in [2.05, 4.69) is 9.98 Å². The topological polar surface area (TPSA) is 45.2 Å². The van der Waals surface area contributed by atoms with Gasteiger partial charge in [0.2, 0.25) is 6.08 Å². The summed E-state index contributed by atoms with van der Waals surface area (Å²) in [6, 6.07) is 3.86. The number of nitrogens with one attached hydrogen (secondary N) is 1. The standard InChI is InChI=1S/C8H8N2O/c11-6-10-8(3-4-8)7-2-1-5-9-7/h1-2,5,9H,3-4H2. The molecule has 0 atom stereocenters. The van der Waals surface area contributed by atoms with Gasteiger partial charge in [0.1, 0.15) is 5.54 Å². The lowest BCUT2D eigenvalue weighted by atomic mass is 10.2. The molecule has 0 aliphatic heterocycles. The molecule has 0 aromatic carbocycles. The Morgan fingerprint density at radius 2 is 2.45 bits per heavy atom. The quantitative estimate of drug-likeness (QED) is 0.499. The molecule has 2 rings (SSSR count). The number of nitrogens with zero attached hydrogens (tertiary/aromatic N) is 1. The Morgan fingerprint density at radius 3 is 2.91 bits per heavy atom. The summed E-state index contributed by atoms with van der Waals surface area (Å²) in [7, 11) is 0. The van der Waals surface area contributed by atoms with Gasteiger partial charge in [0.15, 0.2) is 0 Å². The molecular weight excluding hydrogens is 140 g/mol. The summed E-state index contributed by atoms with van der Waals surface area (Å²) in [6.45, 7) is 0. The van der Waals surface area contributed by atoms with E-state index < -0.39 is 0 Å². The molecule has 11 heavy (non-hydrogen) atoms. The summed E-state index contributed by atoms with van der Waals surface area (Å²) in [5.41, 5.74) is 0.798. The van der Waals surface area contributed by atoms with E-state index in [4.69, 9.17) is 0 Å². The van der Waals surface area contributed by atoms with Gasteiger partial charge in [0.05, 0.1) is 0 Å². The first-order chi connectivity index (χ1) is 5.37. The Labute approximate surface area is 64.2 Å². The normalized spacial score (nSPS) is 18.9. The van der Waals surface area contributed by atoms with Crippen LogP contribution in [-0.4, -0.2) is 11.1 Å². The van der Waals surface area contributed by atoms with E-state index in [1.807, 2.05) is 18.3 Å². The highest BCUT2D eigenvalue weighted by Gasteiger charge is 2.45. The number of isocyanates is 1. The van der Waals surface area contributed by atoms with Gasteiger partial charge in [-0.25, -0.2) is 4.79 Å². The van der Waals surface area contributed by atoms with Crippen molar-refractivity contribution in [2.75, 3.05) is 0 Å². The molecule has 1 saturated carbocycles. The minimum atomic E-state index is -0.231. The fraction of sp³-hybridized carbons (Fsp3) is 0.375. The highest BCUT2D eigenvalue weighted by molar-refractivity contribution is 5.39. The van der Waals surface area contributed by atoms with Gasteiger partial charge in [-0.1, -0.05) is 0 Å². The second kappa shape index (κ2) is 2.07. The molecule has 0 bridgehead atoms. The summed E-state index contributed by atoms with van der Waals surface area (Å²) in [6.07, 6.45) is 5.38. The Bertz CT molecular complexity index is 292. The first kappa shape index (κ1) is 6.38. The minimum Gasteiger partial charge on any atom is -0.363 e. The molecule has 0 unspecified atom stereocenters. The fourth-order valence-electron chi connectivity index (χ4n) is 1.27. The third-order valence-electron chi connectivity index (χ3n) is 2.08. The molecule has 0 spiro atoms. The number of H-pyrrole nitrogens is 1. The maximum atomic E-state index is 10.1. The molecule has 1 N–H and O–H groups in total. The van der Waals surface area contributed by atoms with E-state index in [1.165, 1.54) is 0 Å². The van der Waals surface area contributed by atoms with E-state index in [9.17, 15) is 4.79 Å². The third-order valence-corrected chi connectivity index (χ3v) is 2.08. The predicted molar refractivity (Wildman–Crippen MR) is 39.8 cm³/mol. The average Bonchev–Trinajstić information content (AvgIpc) is 2.63. The molecule has 3 heteroatoms. The predicted octanol–water partition coefficient (Wildman–Crippen LogP) is 1.34. The minimum absolute atomic E-state index is 0.231. The summed E-state index contributed by atoms with van der Waals surface area (Å²) in [5.74, 6) is 0. The van der Waals surface area contributed by atoms with Gasteiger partial charge in [-0.3, -0.25) is 0 Å². The summed E-state index contributed by atoms with van der Waals surface area (Å²) >= 11 is 0. The molecule has 1 aliphatic rings. The summed E-state index contributed by atoms with van der Waals surface area (Å²) in [5, 5.41) is 0. The second-order valence-electron chi connectivity index (χ2n) is 2.82. The maximum Gasteiger partial charge on any atom is 0.235 e. The van der Waals surface area contributed by atoms with Crippen LogP contribution in [0.1, 0.15) is 18.5 Å². The van der Waals surface area contributed by atoms with Crippen LogP contribution in [0.3, 0.4) is 0 Å². The van der Waals surface area contributed by atoms with Gasteiger partial charge in [-0.15, -0.1) is 0 Å². The van der Waals surface area contributed by atoms with Gasteiger partial charge in [-0.2, -0.15) is 4.99 Å². The molecule has 1 aliphatic carbocycles. The molecular formula is C8H8N2O. The van der Waals surface area contributed by atoms with Gasteiger partial charge < -0.3 is 4.98 Å². The number of aliphatic imine (C=N–C) groups is 1. The smallest absolute Gasteiger partial charge is 0.235 e. The number of aromatic nitrogens is 1. The second-order valence-corrected chi connectivity index (χ2v) is 2.82. The molecule has 1 fully saturated rings. The van der Waals surface area contributed by atoms with Gasteiger partial charge in [0, 0.05) is 11.9 Å². The van der Waals surface area contributed by atoms with Crippen molar-refractivity contribution in [2.45, 2.75) is 18.4 Å². The largest absolute Gasteiger partial charge is 0.363 e. The van der Waals surface area contributed by atoms with E-state index in [0.29, 0.717) is 0 Å². The fourth-order valence-corrected chi connectivity index (χ4v) is 1.27. The number of aromatic amines is 1. The van der Waals surface area contributed by atoms with Crippen molar-refractivity contribution < 1.29 is 4.79 Å². The van der Waals surface area contributed by atoms with Gasteiger partial charge in [-0.05, 0) is 25.0 Å². The molecule has 1 aromatic rings. The number of hydrogen-bond donors (Lipinski definition) is 1. The van der Waals surface area contributed by atoms with Crippen LogP contribution in [0.5, 0.6) is 0 Å². The lowest BCUT2D eigenvalue weighted by Gasteiger charge is -2.02. The van der Waals surface area contributed by atoms with Crippen molar-refractivity contribution >= 4 is 6.08 Å². The average molecular weight is 148 g/mol. The highest BCUT2D eigenvalue weighted by atomic mass is 16.1. The van der Waals surface area contributed by atoms with Crippen LogP contribution in [0.15, 0.2) is 23.3 Å². The van der Waals surface area contributed by atoms with Crippen LogP contribution in [0, 0.1) is 0 Å². The zero-order chi connectivity index (χ0) is 7.73. The summed E-state index contributed by atoms with van der Waals surface area (Å²) < 4.78 is 0. The Balaban J connectivity index is 2.35. The van der Waals surface area contributed by atoms with Crippen molar-refractivity contribution in [3.63, 3.8) is 0 Å². The van der Waals surface area contributed by atoms with Crippen molar-refractivity contribution in [1.29, 1.82) is 0 Å².